The third-order valence-electron chi connectivity index (χ3n) is 3.09. The zero-order valence-electron chi connectivity index (χ0n) is 13.4. The van der Waals surface area contributed by atoms with Gasteiger partial charge < -0.3 is 10.2 Å². The topological polar surface area (TPSA) is 78.5 Å². The van der Waals surface area contributed by atoms with E-state index in [-0.39, 0.29) is 10.8 Å². The Hall–Kier alpha value is -1.44. The molecule has 6 nitrogen and oxygen atoms in total. The lowest BCUT2D eigenvalue weighted by Crippen LogP contribution is -2.31. The van der Waals surface area contributed by atoms with Crippen molar-refractivity contribution in [1.82, 2.24) is 14.9 Å². The number of hydrogen-bond acceptors (Lipinski definition) is 4. The number of unbranched alkanes of at least 4 members (excludes halogenated alkanes) is 1. The summed E-state index contributed by atoms with van der Waals surface area (Å²) in [6, 6.07) is 5.96. The van der Waals surface area contributed by atoms with Crippen molar-refractivity contribution in [2.75, 3.05) is 33.7 Å². The first kappa shape index (κ1) is 18.6. The molecule has 0 aliphatic heterocycles. The molecule has 1 rings (SSSR count). The Bertz CT molecular complexity index is 568. The lowest BCUT2D eigenvalue weighted by Gasteiger charge is -2.11. The van der Waals surface area contributed by atoms with Crippen LogP contribution in [-0.4, -0.2) is 53.0 Å². The number of nitrogens with one attached hydrogen (secondary N) is 2. The summed E-state index contributed by atoms with van der Waals surface area (Å²) >= 11 is 0. The first-order chi connectivity index (χ1) is 10.4. The second kappa shape index (κ2) is 8.87. The molecule has 0 spiro atoms. The molecule has 0 fully saturated rings. The van der Waals surface area contributed by atoms with Crippen LogP contribution >= 0.6 is 0 Å². The van der Waals surface area contributed by atoms with Gasteiger partial charge in [0, 0.05) is 25.2 Å². The minimum atomic E-state index is -3.49. The average Bonchev–Trinajstić information content (AvgIpc) is 2.47. The summed E-state index contributed by atoms with van der Waals surface area (Å²) in [6.07, 6.45) is 1.72. The predicted molar refractivity (Wildman–Crippen MR) is 87.4 cm³/mol. The van der Waals surface area contributed by atoms with E-state index < -0.39 is 10.0 Å². The molecular formula is C15H25N3O3S. The van der Waals surface area contributed by atoms with Gasteiger partial charge in [-0.05, 0) is 44.8 Å². The third kappa shape index (κ3) is 6.13. The largest absolute Gasteiger partial charge is 0.351 e. The molecule has 0 aromatic heterocycles. The highest BCUT2D eigenvalue weighted by Gasteiger charge is 2.14. The quantitative estimate of drug-likeness (QED) is 0.665. The van der Waals surface area contributed by atoms with Crippen LogP contribution in [0.1, 0.15) is 30.1 Å². The van der Waals surface area contributed by atoms with Crippen LogP contribution < -0.4 is 10.0 Å². The maximum absolute atomic E-state index is 12.0. The van der Waals surface area contributed by atoms with Crippen molar-refractivity contribution in [2.24, 2.45) is 0 Å². The van der Waals surface area contributed by atoms with Gasteiger partial charge in [-0.15, -0.1) is 0 Å². The van der Waals surface area contributed by atoms with Crippen molar-refractivity contribution in [1.29, 1.82) is 0 Å². The van der Waals surface area contributed by atoms with Crippen LogP contribution in [0.5, 0.6) is 0 Å². The molecule has 0 aliphatic carbocycles. The summed E-state index contributed by atoms with van der Waals surface area (Å²) in [7, 11) is 0.364. The second-order valence-electron chi connectivity index (χ2n) is 5.33. The smallest absolute Gasteiger partial charge is 0.251 e. The first-order valence-corrected chi connectivity index (χ1v) is 8.88. The molecule has 22 heavy (non-hydrogen) atoms. The molecule has 0 heterocycles. The minimum Gasteiger partial charge on any atom is -0.351 e. The lowest BCUT2D eigenvalue weighted by atomic mass is 10.2. The summed E-state index contributed by atoms with van der Waals surface area (Å²) in [4.78, 5) is 14.0. The third-order valence-corrected chi connectivity index (χ3v) is 4.57. The van der Waals surface area contributed by atoms with Gasteiger partial charge in [-0.1, -0.05) is 13.3 Å². The van der Waals surface area contributed by atoms with Crippen LogP contribution in [-0.2, 0) is 10.0 Å². The van der Waals surface area contributed by atoms with Crippen molar-refractivity contribution < 1.29 is 13.2 Å². The molecule has 0 saturated heterocycles. The number of rotatable bonds is 9. The van der Waals surface area contributed by atoms with Crippen molar-refractivity contribution in [3.63, 3.8) is 0 Å². The fraction of sp³-hybridized carbons (Fsp3) is 0.533. The fourth-order valence-corrected chi connectivity index (χ4v) is 2.82. The second-order valence-corrected chi connectivity index (χ2v) is 7.10. The highest BCUT2D eigenvalue weighted by Crippen LogP contribution is 2.10. The van der Waals surface area contributed by atoms with Crippen LogP contribution in [0, 0.1) is 0 Å². The van der Waals surface area contributed by atoms with Crippen molar-refractivity contribution >= 4 is 15.9 Å². The van der Waals surface area contributed by atoms with Gasteiger partial charge in [0.15, 0.2) is 0 Å². The molecule has 124 valence electrons. The minimum absolute atomic E-state index is 0.174. The van der Waals surface area contributed by atoms with Gasteiger partial charge in [0.2, 0.25) is 10.0 Å². The average molecular weight is 327 g/mol. The molecule has 1 amide bonds. The van der Waals surface area contributed by atoms with Crippen LogP contribution in [0.3, 0.4) is 0 Å². The van der Waals surface area contributed by atoms with E-state index in [4.69, 9.17) is 0 Å². The lowest BCUT2D eigenvalue weighted by molar-refractivity contribution is 0.0951. The molecule has 0 saturated carbocycles. The number of nitrogens with zero attached hydrogens (tertiary/aromatic N) is 1. The van der Waals surface area contributed by atoms with E-state index in [1.54, 1.807) is 0 Å². The van der Waals surface area contributed by atoms with E-state index in [0.29, 0.717) is 18.7 Å². The van der Waals surface area contributed by atoms with Gasteiger partial charge in [0.05, 0.1) is 4.90 Å². The Labute approximate surface area is 132 Å². The van der Waals surface area contributed by atoms with E-state index >= 15 is 0 Å². The van der Waals surface area contributed by atoms with Crippen molar-refractivity contribution in [2.45, 2.75) is 24.7 Å². The number of carbonyl (C=O) groups excluding carboxylic acids is 1. The number of amides is 1. The van der Waals surface area contributed by atoms with E-state index in [2.05, 4.69) is 10.0 Å². The van der Waals surface area contributed by atoms with Crippen LogP contribution in [0.25, 0.3) is 0 Å². The summed E-state index contributed by atoms with van der Waals surface area (Å²) in [5, 5.41) is 2.78. The van der Waals surface area contributed by atoms with Crippen LogP contribution in [0.4, 0.5) is 0 Å². The molecule has 0 radical (unpaired) electrons. The van der Waals surface area contributed by atoms with Gasteiger partial charge in [0.25, 0.3) is 5.91 Å². The Morgan fingerprint density at radius 2 is 1.77 bits per heavy atom. The Morgan fingerprint density at radius 1 is 1.14 bits per heavy atom. The van der Waals surface area contributed by atoms with Gasteiger partial charge >= 0.3 is 0 Å². The molecule has 2 N–H and O–H groups in total. The number of hydrogen-bond donors (Lipinski definition) is 2. The fourth-order valence-electron chi connectivity index (χ4n) is 1.75. The molecular weight excluding hydrogens is 302 g/mol. The summed E-state index contributed by atoms with van der Waals surface area (Å²) in [6.45, 7) is 3.72. The van der Waals surface area contributed by atoms with Crippen LogP contribution in [0.2, 0.25) is 0 Å². The highest BCUT2D eigenvalue weighted by atomic mass is 32.2. The molecule has 0 unspecified atom stereocenters. The van der Waals surface area contributed by atoms with E-state index in [1.165, 1.54) is 24.3 Å². The van der Waals surface area contributed by atoms with Gasteiger partial charge in [-0.25, -0.2) is 13.1 Å². The monoisotopic (exact) mass is 327 g/mol. The zero-order chi connectivity index (χ0) is 16.6. The van der Waals surface area contributed by atoms with Gasteiger partial charge in [-0.3, -0.25) is 4.79 Å². The van der Waals surface area contributed by atoms with Crippen LogP contribution in [0.15, 0.2) is 29.2 Å². The first-order valence-electron chi connectivity index (χ1n) is 7.39. The maximum Gasteiger partial charge on any atom is 0.251 e. The van der Waals surface area contributed by atoms with E-state index in [0.717, 1.165) is 19.4 Å². The Morgan fingerprint density at radius 3 is 2.32 bits per heavy atom. The Balaban J connectivity index is 2.64. The molecule has 0 atom stereocenters. The molecule has 1 aromatic rings. The van der Waals surface area contributed by atoms with Gasteiger partial charge in [0.1, 0.15) is 0 Å². The normalized spacial score (nSPS) is 11.6. The summed E-state index contributed by atoms with van der Waals surface area (Å²) < 4.78 is 26.6. The number of benzene rings is 1. The van der Waals surface area contributed by atoms with E-state index in [1.807, 2.05) is 25.9 Å². The molecule has 7 heteroatoms. The number of sulfonamides is 1. The Kier molecular flexibility index (Phi) is 7.50. The van der Waals surface area contributed by atoms with E-state index in [9.17, 15) is 13.2 Å². The van der Waals surface area contributed by atoms with Gasteiger partial charge in [-0.2, -0.15) is 0 Å². The summed E-state index contributed by atoms with van der Waals surface area (Å²) in [5.74, 6) is -0.204. The number of likely N-dealkylation sites (N-methyl/N-ethyl adjacent to an activating group) is 1. The molecule has 0 bridgehead atoms. The predicted octanol–water partition coefficient (Wildman–Crippen LogP) is 1.06. The molecule has 0 aliphatic rings. The number of carbonyl (C=O) groups is 1. The zero-order valence-corrected chi connectivity index (χ0v) is 14.2. The standard InChI is InChI=1S/C15H25N3O3S/c1-4-5-10-17-22(20,21)14-8-6-13(7-9-14)15(19)16-11-12-18(2)3/h6-9,17H,4-5,10-12H2,1-3H3,(H,16,19). The van der Waals surface area contributed by atoms with Crippen molar-refractivity contribution in [3.05, 3.63) is 29.8 Å². The van der Waals surface area contributed by atoms with Crippen molar-refractivity contribution in [3.8, 4) is 0 Å². The summed E-state index contributed by atoms with van der Waals surface area (Å²) in [5.41, 5.74) is 0.450. The molecule has 1 aromatic carbocycles. The SMILES string of the molecule is CCCCNS(=O)(=O)c1ccc(C(=O)NCCN(C)C)cc1. The highest BCUT2D eigenvalue weighted by molar-refractivity contribution is 7.89. The maximum atomic E-state index is 12.0.